The molecule has 6 heteroatoms. The van der Waals surface area contributed by atoms with Gasteiger partial charge in [0.05, 0.1) is 6.61 Å². The minimum absolute atomic E-state index is 0.126. The second kappa shape index (κ2) is 10.8. The Labute approximate surface area is 171 Å². The van der Waals surface area contributed by atoms with Crippen LogP contribution in [-0.4, -0.2) is 25.7 Å². The molecule has 0 aromatic heterocycles. The van der Waals surface area contributed by atoms with E-state index in [0.717, 1.165) is 17.7 Å². The third-order valence-corrected chi connectivity index (χ3v) is 4.09. The van der Waals surface area contributed by atoms with Crippen LogP contribution < -0.4 is 19.9 Å². The number of amides is 1. The second-order valence-electron chi connectivity index (χ2n) is 6.38. The maximum Gasteiger partial charge on any atom is 0.259 e. The van der Waals surface area contributed by atoms with Crippen LogP contribution in [0.2, 0.25) is 0 Å². The van der Waals surface area contributed by atoms with Gasteiger partial charge in [-0.1, -0.05) is 19.1 Å². The highest BCUT2D eigenvalue weighted by atomic mass is 16.5. The van der Waals surface area contributed by atoms with Gasteiger partial charge in [-0.3, -0.25) is 4.79 Å². The number of carbonyl (C=O) groups excluding carboxylic acids is 1. The lowest BCUT2D eigenvalue weighted by Crippen LogP contribution is -2.12. The highest BCUT2D eigenvalue weighted by Gasteiger charge is 2.09. The maximum absolute atomic E-state index is 11.2. The highest BCUT2D eigenvalue weighted by Crippen LogP contribution is 2.29. The van der Waals surface area contributed by atoms with Crippen molar-refractivity contribution in [3.63, 3.8) is 0 Å². The molecule has 0 bridgehead atoms. The van der Waals surface area contributed by atoms with Crippen LogP contribution >= 0.6 is 0 Å². The Balaban J connectivity index is 2.04. The Morgan fingerprint density at radius 1 is 1.07 bits per heavy atom. The van der Waals surface area contributed by atoms with E-state index in [1.165, 1.54) is 11.6 Å². The van der Waals surface area contributed by atoms with Crippen LogP contribution in [0.15, 0.2) is 42.0 Å². The van der Waals surface area contributed by atoms with Crippen molar-refractivity contribution in [3.05, 3.63) is 58.7 Å². The summed E-state index contributed by atoms with van der Waals surface area (Å²) >= 11 is 0. The number of hydrogen-bond donors (Lipinski definition) is 1. The van der Waals surface area contributed by atoms with Crippen molar-refractivity contribution in [2.75, 3.05) is 19.8 Å². The zero-order chi connectivity index (χ0) is 21.2. The molecule has 0 unspecified atom stereocenters. The quantitative estimate of drug-likeness (QED) is 0.376. The predicted octanol–water partition coefficient (Wildman–Crippen LogP) is 3.81. The number of ether oxygens (including phenoxy) is 3. The first-order valence-electron chi connectivity index (χ1n) is 9.51. The monoisotopic (exact) mass is 394 g/mol. The van der Waals surface area contributed by atoms with E-state index in [9.17, 15) is 4.79 Å². The van der Waals surface area contributed by atoms with E-state index in [0.29, 0.717) is 36.9 Å². The number of benzene rings is 2. The largest absolute Gasteiger partial charge is 0.490 e. The summed E-state index contributed by atoms with van der Waals surface area (Å²) in [7, 11) is 0. The fourth-order valence-electron chi connectivity index (χ4n) is 2.75. The molecule has 6 nitrogen and oxygen atoms in total. The molecule has 2 aromatic rings. The molecule has 0 atom stereocenters. The molecule has 0 fully saturated rings. The van der Waals surface area contributed by atoms with E-state index < -0.39 is 5.91 Å². The molecule has 0 aliphatic heterocycles. The van der Waals surface area contributed by atoms with Crippen LogP contribution in [0, 0.1) is 18.3 Å². The molecule has 2 aromatic carbocycles. The average Bonchev–Trinajstić information content (AvgIpc) is 2.70. The van der Waals surface area contributed by atoms with E-state index in [4.69, 9.17) is 25.2 Å². The van der Waals surface area contributed by atoms with Gasteiger partial charge in [-0.25, -0.2) is 0 Å². The van der Waals surface area contributed by atoms with Gasteiger partial charge in [0.1, 0.15) is 30.6 Å². The Bertz CT molecular complexity index is 929. The van der Waals surface area contributed by atoms with E-state index in [2.05, 4.69) is 13.0 Å². The molecule has 2 rings (SSSR count). The molecule has 0 spiro atoms. The topological polar surface area (TPSA) is 94.6 Å². The summed E-state index contributed by atoms with van der Waals surface area (Å²) in [4.78, 5) is 11.2. The van der Waals surface area contributed by atoms with Crippen LogP contribution in [0.25, 0.3) is 6.08 Å². The van der Waals surface area contributed by atoms with E-state index >= 15 is 0 Å². The molecule has 2 N–H and O–H groups in total. The van der Waals surface area contributed by atoms with Crippen LogP contribution in [0.4, 0.5) is 0 Å². The molecule has 0 aliphatic rings. The molecule has 152 valence electrons. The van der Waals surface area contributed by atoms with Crippen LogP contribution in [0.5, 0.6) is 17.2 Å². The molecule has 0 heterocycles. The third kappa shape index (κ3) is 6.58. The molecule has 1 amide bonds. The van der Waals surface area contributed by atoms with Gasteiger partial charge < -0.3 is 19.9 Å². The van der Waals surface area contributed by atoms with Crippen LogP contribution in [-0.2, 0) is 11.2 Å². The number of nitrogens with two attached hydrogens (primary N) is 1. The van der Waals surface area contributed by atoms with Crippen LogP contribution in [0.1, 0.15) is 30.5 Å². The summed E-state index contributed by atoms with van der Waals surface area (Å²) in [5, 5.41) is 8.98. The summed E-state index contributed by atoms with van der Waals surface area (Å²) < 4.78 is 17.2. The van der Waals surface area contributed by atoms with E-state index in [-0.39, 0.29) is 5.57 Å². The molecule has 0 aliphatic carbocycles. The Morgan fingerprint density at radius 3 is 2.48 bits per heavy atom. The molecule has 0 radical (unpaired) electrons. The lowest BCUT2D eigenvalue weighted by molar-refractivity contribution is -0.114. The Hall–Kier alpha value is -3.46. The molecule has 0 saturated carbocycles. The van der Waals surface area contributed by atoms with Gasteiger partial charge in [0.15, 0.2) is 11.5 Å². The highest BCUT2D eigenvalue weighted by molar-refractivity contribution is 6.00. The molecule has 29 heavy (non-hydrogen) atoms. The first-order valence-corrected chi connectivity index (χ1v) is 9.51. The summed E-state index contributed by atoms with van der Waals surface area (Å²) in [5.74, 6) is 1.13. The van der Waals surface area contributed by atoms with Gasteiger partial charge in [0.2, 0.25) is 0 Å². The first-order chi connectivity index (χ1) is 14.0. The zero-order valence-electron chi connectivity index (χ0n) is 17.0. The van der Waals surface area contributed by atoms with Crippen molar-refractivity contribution in [2.45, 2.75) is 27.2 Å². The minimum atomic E-state index is -0.773. The lowest BCUT2D eigenvalue weighted by Gasteiger charge is -2.14. The van der Waals surface area contributed by atoms with Crippen molar-refractivity contribution in [3.8, 4) is 23.3 Å². The summed E-state index contributed by atoms with van der Waals surface area (Å²) in [6, 6.07) is 13.1. The number of aryl methyl sites for hydroxylation is 2. The van der Waals surface area contributed by atoms with Crippen molar-refractivity contribution >= 4 is 12.0 Å². The molecular formula is C23H26N2O4. The summed E-state index contributed by atoms with van der Waals surface area (Å²) in [6.07, 6.45) is 2.37. The number of hydrogen-bond acceptors (Lipinski definition) is 5. The second-order valence-corrected chi connectivity index (χ2v) is 6.38. The average molecular weight is 394 g/mol. The fourth-order valence-corrected chi connectivity index (χ4v) is 2.75. The van der Waals surface area contributed by atoms with Gasteiger partial charge in [0, 0.05) is 0 Å². The van der Waals surface area contributed by atoms with Crippen molar-refractivity contribution in [1.82, 2.24) is 0 Å². The third-order valence-electron chi connectivity index (χ3n) is 4.09. The van der Waals surface area contributed by atoms with Gasteiger partial charge >= 0.3 is 0 Å². The van der Waals surface area contributed by atoms with Crippen molar-refractivity contribution in [1.29, 1.82) is 5.26 Å². The van der Waals surface area contributed by atoms with Gasteiger partial charge in [-0.15, -0.1) is 0 Å². The number of nitriles is 1. The first kappa shape index (κ1) is 21.8. The normalized spacial score (nSPS) is 10.9. The Kier molecular flexibility index (Phi) is 8.11. The minimum Gasteiger partial charge on any atom is -0.490 e. The maximum atomic E-state index is 11.2. The van der Waals surface area contributed by atoms with E-state index in [1.807, 2.05) is 26.0 Å². The fraction of sp³-hybridized carbons (Fsp3) is 0.304. The summed E-state index contributed by atoms with van der Waals surface area (Å²) in [5.41, 5.74) is 8.07. The SMILES string of the molecule is CCOc1cc(/C=C(/C#N)C(N)=O)ccc1OCCOc1cc(C)cc(CC)c1. The molecule has 0 saturated heterocycles. The van der Waals surface area contributed by atoms with Gasteiger partial charge in [-0.2, -0.15) is 5.26 Å². The van der Waals surface area contributed by atoms with E-state index in [1.54, 1.807) is 24.3 Å². The standard InChI is InChI=1S/C23H26N2O4/c1-4-17-10-16(3)11-20(13-17)28-8-9-29-21-7-6-18(14-22(21)27-5-2)12-19(15-24)23(25)26/h6-7,10-14H,4-5,8-9H2,1-3H3,(H2,25,26)/b19-12-. The van der Waals surface area contributed by atoms with Gasteiger partial charge in [0.25, 0.3) is 5.91 Å². The predicted molar refractivity (Wildman–Crippen MR) is 112 cm³/mol. The Morgan fingerprint density at radius 2 is 1.83 bits per heavy atom. The summed E-state index contributed by atoms with van der Waals surface area (Å²) in [6.45, 7) is 7.20. The van der Waals surface area contributed by atoms with Crippen LogP contribution in [0.3, 0.4) is 0 Å². The zero-order valence-corrected chi connectivity index (χ0v) is 17.0. The van der Waals surface area contributed by atoms with Crippen molar-refractivity contribution < 1.29 is 19.0 Å². The molecular weight excluding hydrogens is 368 g/mol. The number of carbonyl (C=O) groups is 1. The number of primary amides is 1. The van der Waals surface area contributed by atoms with Gasteiger partial charge in [-0.05, 0) is 67.3 Å². The lowest BCUT2D eigenvalue weighted by atomic mass is 10.1. The number of rotatable bonds is 10. The smallest absolute Gasteiger partial charge is 0.259 e. The number of nitrogens with zero attached hydrogens (tertiary/aromatic N) is 1. The van der Waals surface area contributed by atoms with Crippen molar-refractivity contribution in [2.24, 2.45) is 5.73 Å².